The van der Waals surface area contributed by atoms with E-state index in [0.29, 0.717) is 18.7 Å². The number of aryl methyl sites for hydroxylation is 1. The highest BCUT2D eigenvalue weighted by Crippen LogP contribution is 2.17. The van der Waals surface area contributed by atoms with Crippen LogP contribution in [0.15, 0.2) is 78.9 Å². The van der Waals surface area contributed by atoms with Crippen LogP contribution in [0.3, 0.4) is 0 Å². The van der Waals surface area contributed by atoms with Crippen LogP contribution in [-0.4, -0.2) is 36.4 Å². The average molecular weight is 542 g/mol. The Hall–Kier alpha value is -2.87. The van der Waals surface area contributed by atoms with Crippen molar-refractivity contribution in [3.05, 3.63) is 99.1 Å². The van der Waals surface area contributed by atoms with E-state index in [2.05, 4.69) is 27.9 Å². The lowest BCUT2D eigenvalue weighted by molar-refractivity contribution is -0.142. The van der Waals surface area contributed by atoms with E-state index in [9.17, 15) is 9.59 Å². The Morgan fingerprint density at radius 3 is 2.31 bits per heavy atom. The van der Waals surface area contributed by atoms with Gasteiger partial charge in [0.15, 0.2) is 6.61 Å². The molecule has 3 aromatic rings. The van der Waals surface area contributed by atoms with Gasteiger partial charge < -0.3 is 15.0 Å². The lowest BCUT2D eigenvalue weighted by Crippen LogP contribution is -2.51. The van der Waals surface area contributed by atoms with E-state index < -0.39 is 6.04 Å². The topological polar surface area (TPSA) is 58.6 Å². The lowest BCUT2D eigenvalue weighted by atomic mass is 10.0. The summed E-state index contributed by atoms with van der Waals surface area (Å²) in [6.45, 7) is 2.19. The van der Waals surface area contributed by atoms with Gasteiger partial charge in [-0.3, -0.25) is 9.59 Å². The van der Waals surface area contributed by atoms with Gasteiger partial charge in [-0.15, -0.1) is 0 Å². The van der Waals surface area contributed by atoms with E-state index in [1.54, 1.807) is 11.9 Å². The molecule has 6 heteroatoms. The van der Waals surface area contributed by atoms with Crippen molar-refractivity contribution in [1.82, 2.24) is 10.2 Å². The Labute approximate surface area is 202 Å². The molecule has 3 aromatic carbocycles. The minimum Gasteiger partial charge on any atom is -0.484 e. The van der Waals surface area contributed by atoms with Crippen molar-refractivity contribution in [3.63, 3.8) is 0 Å². The minimum absolute atomic E-state index is 0.144. The number of carbonyl (C=O) groups excluding carboxylic acids is 2. The van der Waals surface area contributed by atoms with Crippen LogP contribution >= 0.6 is 22.6 Å². The monoisotopic (exact) mass is 542 g/mol. The van der Waals surface area contributed by atoms with Crippen molar-refractivity contribution in [3.8, 4) is 5.75 Å². The van der Waals surface area contributed by atoms with Crippen molar-refractivity contribution >= 4 is 34.4 Å². The third-order valence-electron chi connectivity index (χ3n) is 5.13. The van der Waals surface area contributed by atoms with Crippen LogP contribution in [0.25, 0.3) is 0 Å². The van der Waals surface area contributed by atoms with E-state index in [1.165, 1.54) is 0 Å². The number of carbonyl (C=O) groups is 2. The summed E-state index contributed by atoms with van der Waals surface area (Å²) in [5, 5.41) is 2.72. The van der Waals surface area contributed by atoms with Gasteiger partial charge in [-0.2, -0.15) is 0 Å². The number of rotatable bonds is 9. The van der Waals surface area contributed by atoms with E-state index in [4.69, 9.17) is 4.74 Å². The third kappa shape index (κ3) is 6.82. The molecule has 0 radical (unpaired) electrons. The second-order valence-corrected chi connectivity index (χ2v) is 8.82. The molecule has 0 aromatic heterocycles. The number of ether oxygens (including phenoxy) is 1. The van der Waals surface area contributed by atoms with Gasteiger partial charge in [-0.25, -0.2) is 0 Å². The maximum Gasteiger partial charge on any atom is 0.261 e. The number of nitrogens with zero attached hydrogens (tertiary/aromatic N) is 1. The van der Waals surface area contributed by atoms with E-state index in [-0.39, 0.29) is 18.4 Å². The molecule has 0 spiro atoms. The summed E-state index contributed by atoms with van der Waals surface area (Å²) in [6.07, 6.45) is 0.418. The summed E-state index contributed by atoms with van der Waals surface area (Å²) in [5.74, 6) is 0.174. The first kappa shape index (κ1) is 23.8. The number of nitrogens with one attached hydrogen (secondary N) is 1. The number of hydrogen-bond acceptors (Lipinski definition) is 3. The number of halogens is 1. The molecule has 0 fully saturated rings. The zero-order valence-electron chi connectivity index (χ0n) is 18.3. The summed E-state index contributed by atoms with van der Waals surface area (Å²) >= 11 is 2.22. The summed E-state index contributed by atoms with van der Waals surface area (Å²) in [7, 11) is 1.59. The average Bonchev–Trinajstić information content (AvgIpc) is 2.81. The first-order chi connectivity index (χ1) is 15.5. The number of benzene rings is 3. The largest absolute Gasteiger partial charge is 0.484 e. The maximum atomic E-state index is 13.3. The number of hydrogen-bond donors (Lipinski definition) is 1. The lowest BCUT2D eigenvalue weighted by Gasteiger charge is -2.31. The highest BCUT2D eigenvalue weighted by molar-refractivity contribution is 14.1. The van der Waals surface area contributed by atoms with Crippen molar-refractivity contribution in [2.45, 2.75) is 25.9 Å². The predicted molar refractivity (Wildman–Crippen MR) is 134 cm³/mol. The van der Waals surface area contributed by atoms with Gasteiger partial charge in [-0.05, 0) is 64.9 Å². The molecule has 0 saturated heterocycles. The molecule has 5 nitrogen and oxygen atoms in total. The summed E-state index contributed by atoms with van der Waals surface area (Å²) in [5.41, 5.74) is 3.06. The highest BCUT2D eigenvalue weighted by atomic mass is 127. The summed E-state index contributed by atoms with van der Waals surface area (Å²) in [6, 6.07) is 24.6. The van der Waals surface area contributed by atoms with Crippen LogP contribution in [0.5, 0.6) is 5.75 Å². The molecule has 1 atom stereocenters. The molecule has 2 amide bonds. The smallest absolute Gasteiger partial charge is 0.261 e. The van der Waals surface area contributed by atoms with Crippen LogP contribution in [0.1, 0.15) is 16.7 Å². The zero-order valence-corrected chi connectivity index (χ0v) is 20.4. The molecular formula is C26H27IN2O3. The summed E-state index contributed by atoms with van der Waals surface area (Å²) in [4.78, 5) is 27.8. The van der Waals surface area contributed by atoms with Gasteiger partial charge in [0, 0.05) is 23.6 Å². The minimum atomic E-state index is -0.657. The molecule has 0 aliphatic carbocycles. The second kappa shape index (κ2) is 11.7. The molecule has 0 saturated carbocycles. The Morgan fingerprint density at radius 1 is 0.969 bits per heavy atom. The molecule has 3 rings (SSSR count). The SMILES string of the molecule is CNC(=O)C(Cc1ccccc1)N(Cc1cccc(C)c1)C(=O)COc1ccc(I)cc1. The molecule has 0 bridgehead atoms. The molecular weight excluding hydrogens is 515 g/mol. The van der Waals surface area contributed by atoms with E-state index >= 15 is 0 Å². The molecule has 1 unspecified atom stereocenters. The zero-order chi connectivity index (χ0) is 22.9. The van der Waals surface area contributed by atoms with Gasteiger partial charge >= 0.3 is 0 Å². The normalized spacial score (nSPS) is 11.5. The van der Waals surface area contributed by atoms with E-state index in [1.807, 2.05) is 85.8 Å². The van der Waals surface area contributed by atoms with Crippen LogP contribution in [-0.2, 0) is 22.6 Å². The quantitative estimate of drug-likeness (QED) is 0.409. The molecule has 1 N–H and O–H groups in total. The fourth-order valence-corrected chi connectivity index (χ4v) is 3.85. The molecule has 0 aliphatic heterocycles. The molecule has 0 aliphatic rings. The fourth-order valence-electron chi connectivity index (χ4n) is 3.49. The Balaban J connectivity index is 1.86. The number of amides is 2. The summed E-state index contributed by atoms with van der Waals surface area (Å²) < 4.78 is 6.84. The Bertz CT molecular complexity index is 1040. The number of likely N-dealkylation sites (N-methyl/N-ethyl adjacent to an activating group) is 1. The van der Waals surface area contributed by atoms with Crippen molar-refractivity contribution in [2.75, 3.05) is 13.7 Å². The maximum absolute atomic E-state index is 13.3. The third-order valence-corrected chi connectivity index (χ3v) is 5.85. The molecule has 0 heterocycles. The van der Waals surface area contributed by atoms with Crippen LogP contribution < -0.4 is 10.1 Å². The van der Waals surface area contributed by atoms with Crippen LogP contribution in [0.2, 0.25) is 0 Å². The fraction of sp³-hybridized carbons (Fsp3) is 0.231. The van der Waals surface area contributed by atoms with Gasteiger partial charge in [0.1, 0.15) is 11.8 Å². The Kier molecular flexibility index (Phi) is 8.67. The first-order valence-corrected chi connectivity index (χ1v) is 11.5. The standard InChI is InChI=1S/C26H27IN2O3/c1-19-7-6-10-21(15-19)17-29(25(30)18-32-23-13-11-22(27)12-14-23)24(26(31)28-2)16-20-8-4-3-5-9-20/h3-15,24H,16-18H2,1-2H3,(H,28,31). The highest BCUT2D eigenvalue weighted by Gasteiger charge is 2.30. The van der Waals surface area contributed by atoms with Crippen molar-refractivity contribution in [1.29, 1.82) is 0 Å². The van der Waals surface area contributed by atoms with Gasteiger partial charge in [-0.1, -0.05) is 60.2 Å². The van der Waals surface area contributed by atoms with Crippen molar-refractivity contribution in [2.24, 2.45) is 0 Å². The predicted octanol–water partition coefficient (Wildman–Crippen LogP) is 4.36. The second-order valence-electron chi connectivity index (χ2n) is 7.57. The Morgan fingerprint density at radius 2 is 1.66 bits per heavy atom. The van der Waals surface area contributed by atoms with Gasteiger partial charge in [0.25, 0.3) is 5.91 Å². The first-order valence-electron chi connectivity index (χ1n) is 10.4. The van der Waals surface area contributed by atoms with Crippen LogP contribution in [0, 0.1) is 10.5 Å². The van der Waals surface area contributed by atoms with Crippen LogP contribution in [0.4, 0.5) is 0 Å². The van der Waals surface area contributed by atoms with Crippen molar-refractivity contribution < 1.29 is 14.3 Å². The van der Waals surface area contributed by atoms with Gasteiger partial charge in [0.05, 0.1) is 0 Å². The molecule has 32 heavy (non-hydrogen) atoms. The van der Waals surface area contributed by atoms with E-state index in [0.717, 1.165) is 20.3 Å². The molecule has 166 valence electrons. The van der Waals surface area contributed by atoms with Gasteiger partial charge in [0.2, 0.25) is 5.91 Å².